The highest BCUT2D eigenvalue weighted by molar-refractivity contribution is 6.33. The highest BCUT2D eigenvalue weighted by atomic mass is 35.5. The average Bonchev–Trinajstić information content (AvgIpc) is 2.92. The standard InChI is InChI=1S/C14H17ClN4/c15-12-8-4-7-11(13(12)16)14-18-17-9-19(14)10-5-2-1-3-6-10/h4,7-10H,1-3,5-6,16H2. The van der Waals surface area contributed by atoms with Gasteiger partial charge in [-0.2, -0.15) is 0 Å². The molecule has 3 rings (SSSR count). The fraction of sp³-hybridized carbons (Fsp3) is 0.429. The third kappa shape index (κ3) is 2.32. The van der Waals surface area contributed by atoms with Crippen LogP contribution in [0.1, 0.15) is 38.1 Å². The van der Waals surface area contributed by atoms with E-state index in [1.165, 1.54) is 32.1 Å². The van der Waals surface area contributed by atoms with E-state index in [1.807, 2.05) is 18.5 Å². The van der Waals surface area contributed by atoms with Crippen LogP contribution in [0, 0.1) is 0 Å². The van der Waals surface area contributed by atoms with Crippen LogP contribution >= 0.6 is 11.6 Å². The first kappa shape index (κ1) is 12.5. The SMILES string of the molecule is Nc1c(Cl)cccc1-c1nncn1C1CCCCC1. The molecule has 1 aromatic carbocycles. The van der Waals surface area contributed by atoms with Gasteiger partial charge < -0.3 is 10.3 Å². The molecule has 100 valence electrons. The van der Waals surface area contributed by atoms with Crippen molar-refractivity contribution in [2.75, 3.05) is 5.73 Å². The number of aromatic nitrogens is 3. The predicted molar refractivity (Wildman–Crippen MR) is 77.0 cm³/mol. The first-order valence-electron chi connectivity index (χ1n) is 6.71. The van der Waals surface area contributed by atoms with E-state index in [0.717, 1.165) is 11.4 Å². The molecule has 1 aliphatic rings. The van der Waals surface area contributed by atoms with Gasteiger partial charge >= 0.3 is 0 Å². The quantitative estimate of drug-likeness (QED) is 0.851. The fourth-order valence-corrected chi connectivity index (χ4v) is 2.97. The zero-order valence-corrected chi connectivity index (χ0v) is 11.5. The third-order valence-electron chi connectivity index (χ3n) is 3.83. The van der Waals surface area contributed by atoms with Crippen LogP contribution in [-0.2, 0) is 0 Å². The number of anilines is 1. The van der Waals surface area contributed by atoms with Crippen molar-refractivity contribution in [1.29, 1.82) is 0 Å². The Morgan fingerprint density at radius 2 is 2.00 bits per heavy atom. The number of benzene rings is 1. The number of rotatable bonds is 2. The zero-order valence-electron chi connectivity index (χ0n) is 10.7. The first-order chi connectivity index (χ1) is 9.27. The van der Waals surface area contributed by atoms with Crippen molar-refractivity contribution in [2.45, 2.75) is 38.1 Å². The van der Waals surface area contributed by atoms with Gasteiger partial charge in [0.1, 0.15) is 6.33 Å². The van der Waals surface area contributed by atoms with Crippen molar-refractivity contribution < 1.29 is 0 Å². The van der Waals surface area contributed by atoms with Crippen molar-refractivity contribution in [2.24, 2.45) is 0 Å². The summed E-state index contributed by atoms with van der Waals surface area (Å²) in [4.78, 5) is 0. The molecular weight excluding hydrogens is 260 g/mol. The lowest BCUT2D eigenvalue weighted by molar-refractivity contribution is 0.355. The van der Waals surface area contributed by atoms with E-state index in [1.54, 1.807) is 6.07 Å². The summed E-state index contributed by atoms with van der Waals surface area (Å²) in [5, 5.41) is 8.86. The van der Waals surface area contributed by atoms with E-state index < -0.39 is 0 Å². The van der Waals surface area contributed by atoms with E-state index >= 15 is 0 Å². The maximum absolute atomic E-state index is 6.09. The van der Waals surface area contributed by atoms with Gasteiger partial charge in [0, 0.05) is 11.6 Å². The topological polar surface area (TPSA) is 56.7 Å². The Labute approximate surface area is 117 Å². The summed E-state index contributed by atoms with van der Waals surface area (Å²) in [6, 6.07) is 6.12. The Kier molecular flexibility index (Phi) is 3.42. The normalized spacial score (nSPS) is 16.7. The van der Waals surface area contributed by atoms with Crippen molar-refractivity contribution in [3.8, 4) is 11.4 Å². The average molecular weight is 277 g/mol. The molecule has 19 heavy (non-hydrogen) atoms. The first-order valence-corrected chi connectivity index (χ1v) is 7.09. The molecule has 1 fully saturated rings. The summed E-state index contributed by atoms with van der Waals surface area (Å²) in [5.41, 5.74) is 7.51. The van der Waals surface area contributed by atoms with Gasteiger partial charge in [-0.3, -0.25) is 0 Å². The lowest BCUT2D eigenvalue weighted by atomic mass is 9.95. The molecule has 0 amide bonds. The highest BCUT2D eigenvalue weighted by Crippen LogP contribution is 2.35. The molecule has 0 spiro atoms. The molecule has 0 unspecified atom stereocenters. The molecule has 4 nitrogen and oxygen atoms in total. The molecule has 0 saturated heterocycles. The molecule has 1 heterocycles. The summed E-state index contributed by atoms with van der Waals surface area (Å²) in [6.07, 6.45) is 8.05. The summed E-state index contributed by atoms with van der Waals surface area (Å²) in [5.74, 6) is 0.826. The van der Waals surface area contributed by atoms with E-state index in [4.69, 9.17) is 17.3 Å². The lowest BCUT2D eigenvalue weighted by Crippen LogP contribution is -2.13. The molecule has 1 saturated carbocycles. The minimum atomic E-state index is 0.483. The second-order valence-electron chi connectivity index (χ2n) is 5.05. The zero-order chi connectivity index (χ0) is 13.2. The summed E-state index contributed by atoms with van der Waals surface area (Å²) in [6.45, 7) is 0. The minimum absolute atomic E-state index is 0.483. The Morgan fingerprint density at radius 1 is 1.21 bits per heavy atom. The molecule has 0 aliphatic heterocycles. The van der Waals surface area contributed by atoms with Gasteiger partial charge in [-0.25, -0.2) is 0 Å². The number of nitrogens with zero attached hydrogens (tertiary/aromatic N) is 3. The highest BCUT2D eigenvalue weighted by Gasteiger charge is 2.20. The Bertz CT molecular complexity index is 573. The van der Waals surface area contributed by atoms with Gasteiger partial charge in [0.25, 0.3) is 0 Å². The number of hydrogen-bond acceptors (Lipinski definition) is 3. The van der Waals surface area contributed by atoms with Crippen LogP contribution in [-0.4, -0.2) is 14.8 Å². The maximum atomic E-state index is 6.09. The second kappa shape index (κ2) is 5.21. The molecule has 5 heteroatoms. The van der Waals surface area contributed by atoms with E-state index in [0.29, 0.717) is 16.8 Å². The number of hydrogen-bond donors (Lipinski definition) is 1. The van der Waals surface area contributed by atoms with E-state index in [2.05, 4.69) is 14.8 Å². The number of nitrogen functional groups attached to an aromatic ring is 1. The van der Waals surface area contributed by atoms with Gasteiger partial charge in [-0.05, 0) is 25.0 Å². The number of para-hydroxylation sites is 1. The Morgan fingerprint density at radius 3 is 2.79 bits per heavy atom. The van der Waals surface area contributed by atoms with Gasteiger partial charge in [0.2, 0.25) is 0 Å². The summed E-state index contributed by atoms with van der Waals surface area (Å²) < 4.78 is 2.15. The molecule has 1 aliphatic carbocycles. The molecule has 2 aromatic rings. The minimum Gasteiger partial charge on any atom is -0.397 e. The van der Waals surface area contributed by atoms with Crippen LogP contribution in [0.2, 0.25) is 5.02 Å². The fourth-order valence-electron chi connectivity index (χ4n) is 2.79. The van der Waals surface area contributed by atoms with Crippen LogP contribution < -0.4 is 5.73 Å². The molecule has 0 bridgehead atoms. The van der Waals surface area contributed by atoms with Crippen molar-refractivity contribution in [3.63, 3.8) is 0 Å². The van der Waals surface area contributed by atoms with Crippen LogP contribution in [0.25, 0.3) is 11.4 Å². The largest absolute Gasteiger partial charge is 0.397 e. The van der Waals surface area contributed by atoms with E-state index in [-0.39, 0.29) is 0 Å². The number of nitrogens with two attached hydrogens (primary N) is 1. The van der Waals surface area contributed by atoms with Crippen LogP contribution in [0.5, 0.6) is 0 Å². The van der Waals surface area contributed by atoms with Gasteiger partial charge in [-0.15, -0.1) is 10.2 Å². The van der Waals surface area contributed by atoms with E-state index in [9.17, 15) is 0 Å². The van der Waals surface area contributed by atoms with Crippen LogP contribution in [0.15, 0.2) is 24.5 Å². The maximum Gasteiger partial charge on any atom is 0.166 e. The van der Waals surface area contributed by atoms with Gasteiger partial charge in [0.05, 0.1) is 10.7 Å². The molecule has 1 aromatic heterocycles. The Balaban J connectivity index is 2.01. The molecule has 0 radical (unpaired) electrons. The molecule has 0 atom stereocenters. The second-order valence-corrected chi connectivity index (χ2v) is 5.46. The summed E-state index contributed by atoms with van der Waals surface area (Å²) in [7, 11) is 0. The lowest BCUT2D eigenvalue weighted by Gasteiger charge is -2.24. The summed E-state index contributed by atoms with van der Waals surface area (Å²) >= 11 is 6.09. The monoisotopic (exact) mass is 276 g/mol. The van der Waals surface area contributed by atoms with Crippen LogP contribution in [0.4, 0.5) is 5.69 Å². The van der Waals surface area contributed by atoms with Crippen molar-refractivity contribution >= 4 is 17.3 Å². The number of halogens is 1. The third-order valence-corrected chi connectivity index (χ3v) is 4.16. The van der Waals surface area contributed by atoms with Gasteiger partial charge in [-0.1, -0.05) is 36.9 Å². The van der Waals surface area contributed by atoms with Crippen LogP contribution in [0.3, 0.4) is 0 Å². The van der Waals surface area contributed by atoms with Gasteiger partial charge in [0.15, 0.2) is 5.82 Å². The predicted octanol–water partition coefficient (Wildman–Crippen LogP) is 3.69. The molecular formula is C14H17ClN4. The van der Waals surface area contributed by atoms with Crippen molar-refractivity contribution in [3.05, 3.63) is 29.5 Å². The van der Waals surface area contributed by atoms with Crippen molar-refractivity contribution in [1.82, 2.24) is 14.8 Å². The smallest absolute Gasteiger partial charge is 0.166 e. The Hall–Kier alpha value is -1.55. The molecule has 2 N–H and O–H groups in total.